The first-order valence-electron chi connectivity index (χ1n) is 3.71. The lowest BCUT2D eigenvalue weighted by atomic mass is 10.2. The molecule has 0 aliphatic carbocycles. The zero-order valence-electron chi connectivity index (χ0n) is 6.59. The summed E-state index contributed by atoms with van der Waals surface area (Å²) >= 11 is 1.98. The lowest BCUT2D eigenvalue weighted by Crippen LogP contribution is -2.40. The van der Waals surface area contributed by atoms with Crippen LogP contribution in [-0.2, 0) is 4.74 Å². The Morgan fingerprint density at radius 3 is 3.00 bits per heavy atom. The second kappa shape index (κ2) is 4.21. The van der Waals surface area contributed by atoms with Crippen molar-refractivity contribution in [2.24, 2.45) is 0 Å². The molecule has 1 rings (SSSR count). The summed E-state index contributed by atoms with van der Waals surface area (Å²) in [5, 5.41) is 3.20. The fourth-order valence-corrected chi connectivity index (χ4v) is 1.98. The second-order valence-corrected chi connectivity index (χ2v) is 3.71. The number of hydrogen-bond acceptors (Lipinski definition) is 3. The van der Waals surface area contributed by atoms with Gasteiger partial charge in [0.25, 0.3) is 0 Å². The number of hydrogen-bond donors (Lipinski definition) is 1. The molecule has 60 valence electrons. The minimum atomic E-state index is 0.420. The summed E-state index contributed by atoms with van der Waals surface area (Å²) in [6.07, 6.45) is 0.420. The van der Waals surface area contributed by atoms with E-state index in [1.807, 2.05) is 18.8 Å². The predicted molar refractivity (Wildman–Crippen MR) is 45.6 cm³/mol. The van der Waals surface area contributed by atoms with Gasteiger partial charge in [-0.2, -0.15) is 11.8 Å². The molecule has 0 amide bonds. The average molecular weight is 161 g/mol. The first-order valence-corrected chi connectivity index (χ1v) is 4.86. The Morgan fingerprint density at radius 2 is 2.50 bits per heavy atom. The Labute approximate surface area is 66.7 Å². The summed E-state index contributed by atoms with van der Waals surface area (Å²) in [4.78, 5) is 0. The zero-order chi connectivity index (χ0) is 7.40. The van der Waals surface area contributed by atoms with Crippen LogP contribution in [0.1, 0.15) is 6.92 Å². The largest absolute Gasteiger partial charge is 0.375 e. The van der Waals surface area contributed by atoms with Gasteiger partial charge in [0.05, 0.1) is 12.7 Å². The molecule has 1 aliphatic heterocycles. The van der Waals surface area contributed by atoms with E-state index in [4.69, 9.17) is 4.74 Å². The highest BCUT2D eigenvalue weighted by atomic mass is 32.2. The predicted octanol–water partition coefficient (Wildman–Crippen LogP) is 0.726. The molecular weight excluding hydrogens is 146 g/mol. The van der Waals surface area contributed by atoms with Gasteiger partial charge in [0.2, 0.25) is 0 Å². The van der Waals surface area contributed by atoms with Crippen molar-refractivity contribution in [1.82, 2.24) is 5.32 Å². The van der Waals surface area contributed by atoms with Crippen LogP contribution in [-0.4, -0.2) is 37.3 Å². The van der Waals surface area contributed by atoms with Crippen molar-refractivity contribution < 1.29 is 4.74 Å². The number of thioether (sulfide) groups is 1. The first-order chi connectivity index (χ1) is 4.84. The van der Waals surface area contributed by atoms with Gasteiger partial charge in [-0.1, -0.05) is 0 Å². The minimum absolute atomic E-state index is 0.420. The standard InChI is InChI=1S/C7H15NOS/c1-6(8-2)7-5-10-4-3-9-7/h6-8H,3-5H2,1-2H3. The van der Waals surface area contributed by atoms with Gasteiger partial charge < -0.3 is 10.1 Å². The molecule has 2 unspecified atom stereocenters. The van der Waals surface area contributed by atoms with Crippen LogP contribution in [0.15, 0.2) is 0 Å². The lowest BCUT2D eigenvalue weighted by molar-refractivity contribution is 0.0538. The maximum atomic E-state index is 5.55. The SMILES string of the molecule is CNC(C)C1CSCCO1. The Morgan fingerprint density at radius 1 is 1.70 bits per heavy atom. The van der Waals surface area contributed by atoms with Crippen LogP contribution in [0.3, 0.4) is 0 Å². The van der Waals surface area contributed by atoms with Gasteiger partial charge in [0.15, 0.2) is 0 Å². The first kappa shape index (κ1) is 8.37. The van der Waals surface area contributed by atoms with E-state index < -0.39 is 0 Å². The van der Waals surface area contributed by atoms with Gasteiger partial charge in [-0.3, -0.25) is 0 Å². The number of ether oxygens (including phenoxy) is 1. The van der Waals surface area contributed by atoms with Gasteiger partial charge in [-0.25, -0.2) is 0 Å². The van der Waals surface area contributed by atoms with Crippen LogP contribution in [0.5, 0.6) is 0 Å². The van der Waals surface area contributed by atoms with Gasteiger partial charge in [-0.05, 0) is 14.0 Å². The van der Waals surface area contributed by atoms with Crippen molar-refractivity contribution in [2.45, 2.75) is 19.1 Å². The monoisotopic (exact) mass is 161 g/mol. The molecule has 0 spiro atoms. The number of nitrogens with one attached hydrogen (secondary N) is 1. The highest BCUT2D eigenvalue weighted by molar-refractivity contribution is 7.99. The molecule has 2 atom stereocenters. The fourth-order valence-electron chi connectivity index (χ4n) is 0.981. The summed E-state index contributed by atoms with van der Waals surface area (Å²) in [6, 6.07) is 0.493. The number of likely N-dealkylation sites (N-methyl/N-ethyl adjacent to an activating group) is 1. The molecule has 1 aliphatic rings. The topological polar surface area (TPSA) is 21.3 Å². The Hall–Kier alpha value is 0.270. The maximum Gasteiger partial charge on any atom is 0.0815 e. The Balaban J connectivity index is 2.24. The molecule has 1 N–H and O–H groups in total. The highest BCUT2D eigenvalue weighted by Gasteiger charge is 2.18. The molecule has 0 radical (unpaired) electrons. The molecule has 10 heavy (non-hydrogen) atoms. The average Bonchev–Trinajstić information content (AvgIpc) is 2.05. The van der Waals surface area contributed by atoms with E-state index in [-0.39, 0.29) is 0 Å². The van der Waals surface area contributed by atoms with Crippen LogP contribution in [0.4, 0.5) is 0 Å². The molecule has 0 bridgehead atoms. The van der Waals surface area contributed by atoms with Crippen LogP contribution in [0.25, 0.3) is 0 Å². The van der Waals surface area contributed by atoms with Crippen molar-refractivity contribution >= 4 is 11.8 Å². The van der Waals surface area contributed by atoms with Crippen LogP contribution in [0, 0.1) is 0 Å². The van der Waals surface area contributed by atoms with E-state index in [1.165, 1.54) is 0 Å². The van der Waals surface area contributed by atoms with Gasteiger partial charge in [-0.15, -0.1) is 0 Å². The quantitative estimate of drug-likeness (QED) is 0.645. The van der Waals surface area contributed by atoms with Crippen molar-refractivity contribution in [3.8, 4) is 0 Å². The molecule has 0 aromatic rings. The van der Waals surface area contributed by atoms with E-state index in [1.54, 1.807) is 0 Å². The zero-order valence-corrected chi connectivity index (χ0v) is 7.41. The molecular formula is C7H15NOS. The van der Waals surface area contributed by atoms with Crippen LogP contribution in [0.2, 0.25) is 0 Å². The summed E-state index contributed by atoms with van der Waals surface area (Å²) in [5.74, 6) is 2.30. The normalized spacial score (nSPS) is 30.0. The highest BCUT2D eigenvalue weighted by Crippen LogP contribution is 2.14. The van der Waals surface area contributed by atoms with E-state index >= 15 is 0 Å². The van der Waals surface area contributed by atoms with E-state index in [0.29, 0.717) is 12.1 Å². The van der Waals surface area contributed by atoms with Gasteiger partial charge in [0, 0.05) is 17.5 Å². The summed E-state index contributed by atoms with van der Waals surface area (Å²) in [7, 11) is 1.98. The van der Waals surface area contributed by atoms with Gasteiger partial charge in [0.1, 0.15) is 0 Å². The van der Waals surface area contributed by atoms with Crippen LogP contribution >= 0.6 is 11.8 Å². The third-order valence-corrected chi connectivity index (χ3v) is 2.87. The Bertz CT molecular complexity index is 93.6. The van der Waals surface area contributed by atoms with Crippen LogP contribution < -0.4 is 5.32 Å². The molecule has 2 nitrogen and oxygen atoms in total. The smallest absolute Gasteiger partial charge is 0.0815 e. The van der Waals surface area contributed by atoms with Crippen molar-refractivity contribution in [3.63, 3.8) is 0 Å². The summed E-state index contributed by atoms with van der Waals surface area (Å²) in [6.45, 7) is 3.08. The molecule has 0 aromatic heterocycles. The molecule has 1 fully saturated rings. The van der Waals surface area contributed by atoms with Crippen molar-refractivity contribution in [1.29, 1.82) is 0 Å². The fraction of sp³-hybridized carbons (Fsp3) is 1.00. The van der Waals surface area contributed by atoms with Crippen molar-refractivity contribution in [3.05, 3.63) is 0 Å². The minimum Gasteiger partial charge on any atom is -0.375 e. The summed E-state index contributed by atoms with van der Waals surface area (Å²) < 4.78 is 5.55. The van der Waals surface area contributed by atoms with E-state index in [0.717, 1.165) is 18.1 Å². The third kappa shape index (κ3) is 2.15. The third-order valence-electron chi connectivity index (χ3n) is 1.85. The maximum absolute atomic E-state index is 5.55. The lowest BCUT2D eigenvalue weighted by Gasteiger charge is -2.27. The number of rotatable bonds is 2. The summed E-state index contributed by atoms with van der Waals surface area (Å²) in [5.41, 5.74) is 0. The molecule has 0 saturated carbocycles. The molecule has 3 heteroatoms. The molecule has 1 heterocycles. The van der Waals surface area contributed by atoms with Gasteiger partial charge >= 0.3 is 0 Å². The molecule has 1 saturated heterocycles. The Kier molecular flexibility index (Phi) is 3.52. The van der Waals surface area contributed by atoms with E-state index in [2.05, 4.69) is 12.2 Å². The van der Waals surface area contributed by atoms with Crippen molar-refractivity contribution in [2.75, 3.05) is 25.2 Å². The second-order valence-electron chi connectivity index (χ2n) is 2.56. The van der Waals surface area contributed by atoms with E-state index in [9.17, 15) is 0 Å². The molecule has 0 aromatic carbocycles.